The van der Waals surface area contributed by atoms with Crippen LogP contribution < -0.4 is 5.56 Å². The Hall–Kier alpha value is -3.21. The van der Waals surface area contributed by atoms with Crippen LogP contribution in [0.5, 0.6) is 0 Å². The molecule has 2 aromatic carbocycles. The Morgan fingerprint density at radius 1 is 1.00 bits per heavy atom. The van der Waals surface area contributed by atoms with Crippen LogP contribution in [0.3, 0.4) is 0 Å². The number of nitrogens with zero attached hydrogens (tertiary/aromatic N) is 3. The minimum atomic E-state index is -4.63. The van der Waals surface area contributed by atoms with Crippen molar-refractivity contribution in [3.63, 3.8) is 0 Å². The highest BCUT2D eigenvalue weighted by atomic mass is 32.2. The van der Waals surface area contributed by atoms with E-state index >= 15 is 0 Å². The fourth-order valence-corrected chi connectivity index (χ4v) is 7.14. The molecule has 7 nitrogen and oxygen atoms in total. The van der Waals surface area contributed by atoms with Crippen LogP contribution in [0.25, 0.3) is 10.9 Å². The van der Waals surface area contributed by atoms with Crippen molar-refractivity contribution in [2.24, 2.45) is 23.7 Å². The van der Waals surface area contributed by atoms with Crippen molar-refractivity contribution >= 4 is 34.4 Å². The number of rotatable bonds is 8. The Morgan fingerprint density at radius 3 is 2.40 bits per heavy atom. The number of Topliss-reactive ketones (excluding diaryl/α,β-unsaturated/α-hetero) is 1. The number of carboxylic acids is 1. The van der Waals surface area contributed by atoms with Crippen LogP contribution in [-0.4, -0.2) is 37.6 Å². The lowest BCUT2D eigenvalue weighted by Gasteiger charge is -2.21. The van der Waals surface area contributed by atoms with Gasteiger partial charge in [-0.25, -0.2) is 4.68 Å². The molecule has 1 N–H and O–H groups in total. The van der Waals surface area contributed by atoms with Crippen molar-refractivity contribution in [1.29, 1.82) is 0 Å². The quantitative estimate of drug-likeness (QED) is 0.257. The first kappa shape index (κ1) is 28.3. The van der Waals surface area contributed by atoms with E-state index < -0.39 is 41.0 Å². The van der Waals surface area contributed by atoms with Gasteiger partial charge < -0.3 is 5.11 Å². The largest absolute Gasteiger partial charge is 0.481 e. The van der Waals surface area contributed by atoms with Gasteiger partial charge in [-0.1, -0.05) is 36.6 Å². The molecule has 212 valence electrons. The van der Waals surface area contributed by atoms with E-state index in [1.807, 2.05) is 12.1 Å². The van der Waals surface area contributed by atoms with Crippen molar-refractivity contribution < 1.29 is 27.9 Å². The standard InChI is InChI=1S/C29H30F3N3O4S/c30-29(31,32)20-9-13-24-23(14-20)27(37)35(34-33-24)15-19-8-12-22(25(19)28(38)39)26(36)18-6-10-21(11-7-18)40-16-17-4-2-1-3-5-17/h6-7,9-11,13-14,17,19,22,25H,1-5,8,12,15-16H2,(H,38,39)/t19-,22-,25-/m0/s1. The number of fused-ring (bicyclic) bond motifs is 1. The van der Waals surface area contributed by atoms with Crippen LogP contribution in [0.15, 0.2) is 52.2 Å². The van der Waals surface area contributed by atoms with E-state index in [-0.39, 0.29) is 23.2 Å². The van der Waals surface area contributed by atoms with E-state index in [0.717, 1.165) is 39.4 Å². The van der Waals surface area contributed by atoms with Crippen molar-refractivity contribution in [2.75, 3.05) is 5.75 Å². The van der Waals surface area contributed by atoms with Crippen molar-refractivity contribution in [3.05, 3.63) is 63.9 Å². The fraction of sp³-hybridized carbons (Fsp3) is 0.483. The minimum absolute atomic E-state index is 0.0175. The summed E-state index contributed by atoms with van der Waals surface area (Å²) in [6.07, 6.45) is 2.45. The van der Waals surface area contributed by atoms with Crippen LogP contribution in [0.1, 0.15) is 60.9 Å². The van der Waals surface area contributed by atoms with Crippen LogP contribution in [0.2, 0.25) is 0 Å². The molecule has 3 atom stereocenters. The van der Waals surface area contributed by atoms with Gasteiger partial charge in [-0.05, 0) is 67.9 Å². The Bertz CT molecular complexity index is 1450. The molecular weight excluding hydrogens is 543 g/mol. The number of hydrogen-bond acceptors (Lipinski definition) is 6. The zero-order chi connectivity index (χ0) is 28.4. The van der Waals surface area contributed by atoms with Crippen LogP contribution in [-0.2, 0) is 17.5 Å². The van der Waals surface area contributed by atoms with Gasteiger partial charge in [-0.3, -0.25) is 14.4 Å². The molecule has 1 heterocycles. The first-order valence-corrected chi connectivity index (χ1v) is 14.5. The molecule has 0 unspecified atom stereocenters. The molecule has 2 aliphatic rings. The molecule has 0 bridgehead atoms. The summed E-state index contributed by atoms with van der Waals surface area (Å²) in [4.78, 5) is 39.7. The van der Waals surface area contributed by atoms with E-state index in [1.54, 1.807) is 23.9 Å². The van der Waals surface area contributed by atoms with Crippen LogP contribution >= 0.6 is 11.8 Å². The van der Waals surface area contributed by atoms with Gasteiger partial charge in [0, 0.05) is 22.1 Å². The first-order valence-electron chi connectivity index (χ1n) is 13.6. The number of halogens is 3. The van der Waals surface area contributed by atoms with Crippen molar-refractivity contribution in [1.82, 2.24) is 15.0 Å². The smallest absolute Gasteiger partial charge is 0.416 e. The van der Waals surface area contributed by atoms with Crippen molar-refractivity contribution in [2.45, 2.75) is 62.6 Å². The fourth-order valence-electron chi connectivity index (χ4n) is 6.05. The van der Waals surface area contributed by atoms with E-state index in [2.05, 4.69) is 10.3 Å². The summed E-state index contributed by atoms with van der Waals surface area (Å²) in [5.41, 5.74) is -1.30. The SMILES string of the molecule is O=C(O)[C@H]1[C@H](Cn2nnc3ccc(C(F)(F)F)cc3c2=O)CC[C@@H]1C(=O)c1ccc(SCC2CCCCC2)cc1. The van der Waals surface area contributed by atoms with Crippen LogP contribution in [0, 0.1) is 23.7 Å². The predicted molar refractivity (Wildman–Crippen MR) is 144 cm³/mol. The highest BCUT2D eigenvalue weighted by Crippen LogP contribution is 2.40. The summed E-state index contributed by atoms with van der Waals surface area (Å²) in [7, 11) is 0. The third-order valence-corrected chi connectivity index (χ3v) is 9.46. The molecule has 2 fully saturated rings. The average molecular weight is 574 g/mol. The monoisotopic (exact) mass is 573 g/mol. The number of hydrogen-bond donors (Lipinski definition) is 1. The molecule has 2 aliphatic carbocycles. The van der Waals surface area contributed by atoms with Gasteiger partial charge in [-0.2, -0.15) is 13.2 Å². The third kappa shape index (κ3) is 6.09. The number of benzene rings is 2. The summed E-state index contributed by atoms with van der Waals surface area (Å²) in [6, 6.07) is 9.95. The first-order chi connectivity index (χ1) is 19.1. The number of aromatic nitrogens is 3. The number of alkyl halides is 3. The maximum atomic E-state index is 13.4. The van der Waals surface area contributed by atoms with Crippen molar-refractivity contribution in [3.8, 4) is 0 Å². The molecule has 0 amide bonds. The molecule has 5 rings (SSSR count). The second-order valence-corrected chi connectivity index (χ2v) is 11.9. The number of carbonyl (C=O) groups excluding carboxylic acids is 1. The van der Waals surface area contributed by atoms with Gasteiger partial charge in [0.05, 0.1) is 23.4 Å². The molecule has 2 saturated carbocycles. The Balaban J connectivity index is 1.29. The highest BCUT2D eigenvalue weighted by Gasteiger charge is 2.45. The molecule has 1 aromatic heterocycles. The maximum absolute atomic E-state index is 13.4. The Kier molecular flexibility index (Phi) is 8.30. The Morgan fingerprint density at radius 2 is 1.73 bits per heavy atom. The van der Waals surface area contributed by atoms with Crippen LogP contribution in [0.4, 0.5) is 13.2 Å². The summed E-state index contributed by atoms with van der Waals surface area (Å²) >= 11 is 1.78. The number of carboxylic acid groups (broad SMARTS) is 1. The van der Waals surface area contributed by atoms with Gasteiger partial charge in [-0.15, -0.1) is 16.9 Å². The van der Waals surface area contributed by atoms with E-state index in [1.165, 1.54) is 32.1 Å². The zero-order valence-electron chi connectivity index (χ0n) is 21.8. The molecule has 40 heavy (non-hydrogen) atoms. The lowest BCUT2D eigenvalue weighted by molar-refractivity contribution is -0.144. The molecular formula is C29H30F3N3O4S. The minimum Gasteiger partial charge on any atom is -0.481 e. The van der Waals surface area contributed by atoms with Gasteiger partial charge in [0.1, 0.15) is 5.52 Å². The van der Waals surface area contributed by atoms with E-state index in [4.69, 9.17) is 0 Å². The second kappa shape index (κ2) is 11.7. The molecule has 0 saturated heterocycles. The number of thioether (sulfide) groups is 1. The molecule has 0 radical (unpaired) electrons. The summed E-state index contributed by atoms with van der Waals surface area (Å²) < 4.78 is 40.4. The summed E-state index contributed by atoms with van der Waals surface area (Å²) in [5, 5.41) is 17.5. The third-order valence-electron chi connectivity index (χ3n) is 8.22. The molecule has 0 aliphatic heterocycles. The number of aliphatic carboxylic acids is 1. The van der Waals surface area contributed by atoms with Gasteiger partial charge >= 0.3 is 12.1 Å². The van der Waals surface area contributed by atoms with Gasteiger partial charge in [0.2, 0.25) is 0 Å². The molecule has 0 spiro atoms. The molecule has 11 heteroatoms. The lowest BCUT2D eigenvalue weighted by Crippen LogP contribution is -2.34. The number of carbonyl (C=O) groups is 2. The highest BCUT2D eigenvalue weighted by molar-refractivity contribution is 7.99. The van der Waals surface area contributed by atoms with Gasteiger partial charge in [0.15, 0.2) is 5.78 Å². The summed E-state index contributed by atoms with van der Waals surface area (Å²) in [6.45, 7) is -0.157. The topological polar surface area (TPSA) is 102 Å². The zero-order valence-corrected chi connectivity index (χ0v) is 22.6. The lowest BCUT2D eigenvalue weighted by atomic mass is 9.84. The summed E-state index contributed by atoms with van der Waals surface area (Å²) in [5.74, 6) is -2.08. The van der Waals surface area contributed by atoms with Gasteiger partial charge in [0.25, 0.3) is 5.56 Å². The normalized spacial score (nSPS) is 22.0. The Labute approximate surface area is 233 Å². The maximum Gasteiger partial charge on any atom is 0.416 e. The average Bonchev–Trinajstić information content (AvgIpc) is 3.37. The number of ketones is 1. The predicted octanol–water partition coefficient (Wildman–Crippen LogP) is 6.09. The molecule has 3 aromatic rings. The van der Waals surface area contributed by atoms with E-state index in [9.17, 15) is 32.7 Å². The van der Waals surface area contributed by atoms with E-state index in [0.29, 0.717) is 18.4 Å². The second-order valence-electron chi connectivity index (χ2n) is 10.8.